The van der Waals surface area contributed by atoms with Gasteiger partial charge in [-0.1, -0.05) is 12.1 Å². The highest BCUT2D eigenvalue weighted by atomic mass is 32.1. The minimum atomic E-state index is -0.761. The van der Waals surface area contributed by atoms with Crippen LogP contribution in [0, 0.1) is 0 Å². The van der Waals surface area contributed by atoms with Crippen LogP contribution in [0.4, 0.5) is 5.13 Å². The van der Waals surface area contributed by atoms with Gasteiger partial charge in [-0.15, -0.1) is 11.3 Å². The van der Waals surface area contributed by atoms with Gasteiger partial charge in [-0.3, -0.25) is 19.4 Å². The van der Waals surface area contributed by atoms with Gasteiger partial charge in [-0.2, -0.15) is 0 Å². The summed E-state index contributed by atoms with van der Waals surface area (Å²) < 4.78 is 0. The van der Waals surface area contributed by atoms with E-state index in [0.29, 0.717) is 17.7 Å². The molecule has 1 fully saturated rings. The Bertz CT molecular complexity index is 768. The maximum atomic E-state index is 12.4. The molecule has 2 aromatic rings. The Morgan fingerprint density at radius 1 is 1.04 bits per heavy atom. The molecule has 26 heavy (non-hydrogen) atoms. The van der Waals surface area contributed by atoms with Gasteiger partial charge in [-0.05, 0) is 12.1 Å². The Balaban J connectivity index is 1.31. The van der Waals surface area contributed by atoms with Crippen LogP contribution in [0.2, 0.25) is 0 Å². The van der Waals surface area contributed by atoms with Crippen molar-refractivity contribution in [2.75, 3.05) is 44.2 Å². The van der Waals surface area contributed by atoms with Crippen LogP contribution in [0.3, 0.4) is 0 Å². The number of benzene rings is 1. The lowest BCUT2D eigenvalue weighted by molar-refractivity contribution is 0.0469. The van der Waals surface area contributed by atoms with Crippen LogP contribution in [0.15, 0.2) is 35.8 Å². The zero-order chi connectivity index (χ0) is 18.1. The van der Waals surface area contributed by atoms with Crippen molar-refractivity contribution in [3.05, 3.63) is 47.0 Å². The smallest absolute Gasteiger partial charge is 0.261 e. The summed E-state index contributed by atoms with van der Waals surface area (Å²) in [6.07, 6.45) is 1.04. The molecule has 0 unspecified atom stereocenters. The van der Waals surface area contributed by atoms with Crippen molar-refractivity contribution < 1.29 is 14.7 Å². The van der Waals surface area contributed by atoms with Gasteiger partial charge in [-0.25, -0.2) is 4.98 Å². The quantitative estimate of drug-likeness (QED) is 0.787. The summed E-state index contributed by atoms with van der Waals surface area (Å²) in [6, 6.07) is 6.79. The number of hydrogen-bond donors (Lipinski definition) is 1. The first-order valence-electron chi connectivity index (χ1n) is 8.63. The number of aromatic nitrogens is 1. The van der Waals surface area contributed by atoms with Gasteiger partial charge in [0.1, 0.15) is 0 Å². The average Bonchev–Trinajstić information content (AvgIpc) is 3.27. The molecular weight excluding hydrogens is 352 g/mol. The van der Waals surface area contributed by atoms with Crippen molar-refractivity contribution in [2.45, 2.75) is 6.10 Å². The maximum absolute atomic E-state index is 12.4. The van der Waals surface area contributed by atoms with Crippen LogP contribution >= 0.6 is 11.3 Å². The molecule has 1 saturated heterocycles. The number of anilines is 1. The number of thiazole rings is 1. The second-order valence-electron chi connectivity index (χ2n) is 6.52. The number of β-amino-alcohol motifs (C(OH)–C–C–N with tert-alkyl or cyclic N) is 1. The van der Waals surface area contributed by atoms with E-state index in [1.807, 2.05) is 5.38 Å². The van der Waals surface area contributed by atoms with Gasteiger partial charge in [0.25, 0.3) is 11.8 Å². The molecule has 2 amide bonds. The number of fused-ring (bicyclic) bond motifs is 1. The van der Waals surface area contributed by atoms with Crippen LogP contribution in [0.25, 0.3) is 0 Å². The topological polar surface area (TPSA) is 77.0 Å². The number of carbonyl (C=O) groups is 2. The molecule has 0 saturated carbocycles. The molecule has 1 N–H and O–H groups in total. The maximum Gasteiger partial charge on any atom is 0.261 e. The minimum Gasteiger partial charge on any atom is -0.390 e. The molecule has 136 valence electrons. The van der Waals surface area contributed by atoms with E-state index in [4.69, 9.17) is 0 Å². The molecule has 0 radical (unpaired) electrons. The molecule has 0 aliphatic carbocycles. The summed E-state index contributed by atoms with van der Waals surface area (Å²) in [5, 5.41) is 13.4. The number of nitrogens with zero attached hydrogens (tertiary/aromatic N) is 4. The lowest BCUT2D eigenvalue weighted by Gasteiger charge is -2.35. The normalized spacial score (nSPS) is 19.1. The predicted octanol–water partition coefficient (Wildman–Crippen LogP) is 0.922. The van der Waals surface area contributed by atoms with E-state index in [2.05, 4.69) is 14.8 Å². The molecule has 2 aliphatic heterocycles. The van der Waals surface area contributed by atoms with Crippen LogP contribution in [0.1, 0.15) is 20.7 Å². The Morgan fingerprint density at radius 2 is 1.69 bits per heavy atom. The van der Waals surface area contributed by atoms with E-state index in [1.165, 1.54) is 0 Å². The Labute approximate surface area is 155 Å². The molecule has 0 bridgehead atoms. The number of imide groups is 1. The molecule has 8 heteroatoms. The molecule has 1 atom stereocenters. The first-order valence-corrected chi connectivity index (χ1v) is 9.51. The van der Waals surface area contributed by atoms with Crippen molar-refractivity contribution in [1.82, 2.24) is 14.8 Å². The van der Waals surface area contributed by atoms with E-state index in [9.17, 15) is 14.7 Å². The fourth-order valence-corrected chi connectivity index (χ4v) is 4.16. The van der Waals surface area contributed by atoms with Crippen LogP contribution in [0.5, 0.6) is 0 Å². The van der Waals surface area contributed by atoms with E-state index >= 15 is 0 Å². The number of amides is 2. The lowest BCUT2D eigenvalue weighted by Crippen LogP contribution is -2.50. The highest BCUT2D eigenvalue weighted by Crippen LogP contribution is 2.23. The lowest BCUT2D eigenvalue weighted by atomic mass is 10.1. The van der Waals surface area contributed by atoms with Crippen molar-refractivity contribution in [2.24, 2.45) is 0 Å². The fourth-order valence-electron chi connectivity index (χ4n) is 3.47. The third-order valence-electron chi connectivity index (χ3n) is 4.80. The van der Waals surface area contributed by atoms with Gasteiger partial charge in [0, 0.05) is 44.3 Å². The number of aliphatic hydroxyl groups is 1. The van der Waals surface area contributed by atoms with Gasteiger partial charge in [0.15, 0.2) is 5.13 Å². The Hall–Kier alpha value is -2.29. The van der Waals surface area contributed by atoms with Crippen molar-refractivity contribution in [1.29, 1.82) is 0 Å². The van der Waals surface area contributed by atoms with Crippen LogP contribution in [-0.2, 0) is 0 Å². The monoisotopic (exact) mass is 372 g/mol. The second-order valence-corrected chi connectivity index (χ2v) is 7.40. The van der Waals surface area contributed by atoms with Crippen molar-refractivity contribution >= 4 is 28.3 Å². The van der Waals surface area contributed by atoms with Gasteiger partial charge in [0.05, 0.1) is 23.8 Å². The van der Waals surface area contributed by atoms with Gasteiger partial charge >= 0.3 is 0 Å². The zero-order valence-electron chi connectivity index (χ0n) is 14.2. The largest absolute Gasteiger partial charge is 0.390 e. The Morgan fingerprint density at radius 3 is 2.27 bits per heavy atom. The molecule has 3 heterocycles. The first-order chi connectivity index (χ1) is 12.6. The standard InChI is InChI=1S/C18H20N4O3S/c23-13(11-20-6-8-21(9-7-20)18-19-5-10-26-18)12-22-16(24)14-3-1-2-4-15(14)17(22)25/h1-5,10,13,23H,6-9,11-12H2/t13-/m1/s1. The third-order valence-corrected chi connectivity index (χ3v) is 5.63. The number of hydrogen-bond acceptors (Lipinski definition) is 7. The van der Waals surface area contributed by atoms with E-state index in [1.54, 1.807) is 41.8 Å². The highest BCUT2D eigenvalue weighted by molar-refractivity contribution is 7.13. The molecule has 0 spiro atoms. The highest BCUT2D eigenvalue weighted by Gasteiger charge is 2.36. The summed E-state index contributed by atoms with van der Waals surface area (Å²) in [4.78, 5) is 34.6. The molecule has 1 aromatic heterocycles. The molecule has 7 nitrogen and oxygen atoms in total. The summed E-state index contributed by atoms with van der Waals surface area (Å²) in [7, 11) is 0. The van der Waals surface area contributed by atoms with Gasteiger partial charge < -0.3 is 10.0 Å². The van der Waals surface area contributed by atoms with E-state index in [-0.39, 0.29) is 18.4 Å². The first kappa shape index (κ1) is 17.1. The Kier molecular flexibility index (Phi) is 4.71. The molecule has 4 rings (SSSR count). The summed E-state index contributed by atoms with van der Waals surface area (Å²) in [6.45, 7) is 3.82. The van der Waals surface area contributed by atoms with Crippen LogP contribution < -0.4 is 4.90 Å². The van der Waals surface area contributed by atoms with Crippen LogP contribution in [-0.4, -0.2) is 77.1 Å². The minimum absolute atomic E-state index is 0.0268. The number of aliphatic hydroxyl groups excluding tert-OH is 1. The third kappa shape index (κ3) is 3.23. The summed E-state index contributed by atoms with van der Waals surface area (Å²) in [5.41, 5.74) is 0.837. The van der Waals surface area contributed by atoms with Crippen molar-refractivity contribution in [3.8, 4) is 0 Å². The number of rotatable bonds is 5. The number of carbonyl (C=O) groups excluding carboxylic acids is 2. The van der Waals surface area contributed by atoms with Crippen molar-refractivity contribution in [3.63, 3.8) is 0 Å². The average molecular weight is 372 g/mol. The van der Waals surface area contributed by atoms with Gasteiger partial charge in [0.2, 0.25) is 0 Å². The fraction of sp³-hybridized carbons (Fsp3) is 0.389. The van der Waals surface area contributed by atoms with E-state index in [0.717, 1.165) is 36.2 Å². The summed E-state index contributed by atoms with van der Waals surface area (Å²) in [5.74, 6) is -0.642. The number of piperazine rings is 1. The molecular formula is C18H20N4O3S. The molecule has 1 aromatic carbocycles. The zero-order valence-corrected chi connectivity index (χ0v) is 15.1. The second kappa shape index (κ2) is 7.14. The van der Waals surface area contributed by atoms with E-state index < -0.39 is 6.10 Å². The SMILES string of the molecule is O=C1c2ccccc2C(=O)N1C[C@H](O)CN1CCN(c2nccs2)CC1. The molecule has 2 aliphatic rings. The predicted molar refractivity (Wildman–Crippen MR) is 98.6 cm³/mol. The summed E-state index contributed by atoms with van der Waals surface area (Å²) >= 11 is 1.63.